The predicted octanol–water partition coefficient (Wildman–Crippen LogP) is 2.92. The minimum Gasteiger partial charge on any atom is -0.325 e. The molecule has 1 aliphatic heterocycles. The Morgan fingerprint density at radius 3 is 2.48 bits per heavy atom. The van der Waals surface area contributed by atoms with Gasteiger partial charge in [-0.1, -0.05) is 0 Å². The summed E-state index contributed by atoms with van der Waals surface area (Å²) < 4.78 is 26.0. The molecule has 0 aliphatic carbocycles. The molecule has 1 heterocycles. The van der Waals surface area contributed by atoms with Crippen molar-refractivity contribution >= 4 is 35.2 Å². The fourth-order valence-electron chi connectivity index (χ4n) is 2.35. The van der Waals surface area contributed by atoms with Gasteiger partial charge < -0.3 is 5.32 Å². The molecule has 0 fully saturated rings. The third kappa shape index (κ3) is 3.39. The van der Waals surface area contributed by atoms with E-state index in [1.165, 1.54) is 31.3 Å². The summed E-state index contributed by atoms with van der Waals surface area (Å²) in [5, 5.41) is 2.61. The van der Waals surface area contributed by atoms with Crippen molar-refractivity contribution in [3.63, 3.8) is 0 Å². The third-order valence-corrected chi connectivity index (χ3v) is 4.63. The minimum atomic E-state index is -0.976. The molecule has 128 valence electrons. The maximum absolute atomic E-state index is 13.1. The van der Waals surface area contributed by atoms with Gasteiger partial charge in [0.25, 0.3) is 11.8 Å². The van der Waals surface area contributed by atoms with Gasteiger partial charge in [-0.2, -0.15) is 0 Å². The van der Waals surface area contributed by atoms with Crippen LogP contribution in [-0.2, 0) is 4.79 Å². The number of nitrogens with one attached hydrogen (secondary N) is 1. The number of amides is 3. The molecule has 2 aromatic carbocycles. The number of imide groups is 1. The van der Waals surface area contributed by atoms with E-state index in [0.717, 1.165) is 28.8 Å². The Morgan fingerprint density at radius 1 is 1.04 bits per heavy atom. The Morgan fingerprint density at radius 2 is 1.76 bits per heavy atom. The largest absolute Gasteiger partial charge is 0.325 e. The van der Waals surface area contributed by atoms with Crippen molar-refractivity contribution in [2.24, 2.45) is 0 Å². The number of thioether (sulfide) groups is 1. The van der Waals surface area contributed by atoms with Gasteiger partial charge in [0.15, 0.2) is 11.6 Å². The van der Waals surface area contributed by atoms with Crippen LogP contribution >= 0.6 is 11.8 Å². The number of anilines is 1. The number of hydrogen-bond donors (Lipinski definition) is 1. The molecule has 3 amide bonds. The van der Waals surface area contributed by atoms with Crippen molar-refractivity contribution in [3.05, 3.63) is 59.2 Å². The summed E-state index contributed by atoms with van der Waals surface area (Å²) >= 11 is 1.05. The minimum absolute atomic E-state index is 0.0189. The van der Waals surface area contributed by atoms with Gasteiger partial charge in [-0.05, 0) is 36.4 Å². The third-order valence-electron chi connectivity index (χ3n) is 3.63. The molecule has 0 atom stereocenters. The number of carbonyl (C=O) groups excluding carboxylic acids is 3. The number of benzene rings is 2. The second-order valence-corrected chi connectivity index (χ2v) is 6.39. The highest BCUT2D eigenvalue weighted by atomic mass is 32.2. The molecule has 0 bridgehead atoms. The van der Waals surface area contributed by atoms with Crippen LogP contribution in [-0.4, -0.2) is 35.4 Å². The van der Waals surface area contributed by atoms with Crippen LogP contribution in [0.3, 0.4) is 0 Å². The summed E-state index contributed by atoms with van der Waals surface area (Å²) in [4.78, 5) is 37.2. The lowest BCUT2D eigenvalue weighted by Crippen LogP contribution is -2.24. The topological polar surface area (TPSA) is 66.5 Å². The molecule has 2 aromatic rings. The van der Waals surface area contributed by atoms with Crippen molar-refractivity contribution in [2.45, 2.75) is 4.90 Å². The molecule has 0 saturated carbocycles. The smallest absolute Gasteiger partial charge is 0.261 e. The van der Waals surface area contributed by atoms with Crippen molar-refractivity contribution in [1.29, 1.82) is 0 Å². The summed E-state index contributed by atoms with van der Waals surface area (Å²) in [7, 11) is 1.39. The number of rotatable bonds is 4. The molecule has 0 saturated heterocycles. The van der Waals surface area contributed by atoms with Crippen LogP contribution in [0, 0.1) is 11.6 Å². The molecule has 3 rings (SSSR count). The summed E-state index contributed by atoms with van der Waals surface area (Å²) in [5.74, 6) is -3.12. The zero-order chi connectivity index (χ0) is 18.1. The van der Waals surface area contributed by atoms with Gasteiger partial charge in [0.1, 0.15) is 0 Å². The normalized spacial score (nSPS) is 13.2. The highest BCUT2D eigenvalue weighted by molar-refractivity contribution is 8.00. The Hall–Kier alpha value is -2.74. The zero-order valence-electron chi connectivity index (χ0n) is 13.0. The predicted molar refractivity (Wildman–Crippen MR) is 88.6 cm³/mol. The van der Waals surface area contributed by atoms with Crippen molar-refractivity contribution in [3.8, 4) is 0 Å². The maximum Gasteiger partial charge on any atom is 0.261 e. The summed E-state index contributed by atoms with van der Waals surface area (Å²) in [6, 6.07) is 7.85. The number of nitrogens with zero attached hydrogens (tertiary/aromatic N) is 1. The fraction of sp³-hybridized carbons (Fsp3) is 0.118. The highest BCUT2D eigenvalue weighted by Gasteiger charge is 2.32. The lowest BCUT2D eigenvalue weighted by Gasteiger charge is -2.06. The van der Waals surface area contributed by atoms with Crippen LogP contribution in [0.2, 0.25) is 0 Å². The van der Waals surface area contributed by atoms with E-state index in [-0.39, 0.29) is 23.1 Å². The number of carbonyl (C=O) groups is 3. The lowest BCUT2D eigenvalue weighted by molar-refractivity contribution is -0.113. The quantitative estimate of drug-likeness (QED) is 0.671. The van der Waals surface area contributed by atoms with Crippen molar-refractivity contribution in [2.75, 3.05) is 18.1 Å². The van der Waals surface area contributed by atoms with E-state index in [2.05, 4.69) is 5.32 Å². The van der Waals surface area contributed by atoms with Crippen LogP contribution < -0.4 is 5.32 Å². The van der Waals surface area contributed by atoms with E-state index < -0.39 is 17.5 Å². The fourth-order valence-corrected chi connectivity index (χ4v) is 3.07. The van der Waals surface area contributed by atoms with Gasteiger partial charge in [0.2, 0.25) is 5.91 Å². The number of halogens is 2. The van der Waals surface area contributed by atoms with Crippen LogP contribution in [0.25, 0.3) is 0 Å². The highest BCUT2D eigenvalue weighted by Crippen LogP contribution is 2.25. The second kappa shape index (κ2) is 6.64. The molecule has 0 unspecified atom stereocenters. The molecule has 1 aliphatic rings. The molecule has 0 radical (unpaired) electrons. The maximum atomic E-state index is 13.1. The van der Waals surface area contributed by atoms with E-state index in [1.807, 2.05) is 0 Å². The van der Waals surface area contributed by atoms with Gasteiger partial charge >= 0.3 is 0 Å². The average molecular weight is 362 g/mol. The standard InChI is InChI=1S/C17H12F2N2O3S/c1-21-16(23)11-4-2-9(6-12(11)17(21)24)20-15(22)8-25-10-3-5-13(18)14(19)7-10/h2-7H,8H2,1H3,(H,20,22). The lowest BCUT2D eigenvalue weighted by atomic mass is 10.1. The first kappa shape index (κ1) is 17.1. The number of hydrogen-bond acceptors (Lipinski definition) is 4. The monoisotopic (exact) mass is 362 g/mol. The molecule has 1 N–H and O–H groups in total. The van der Waals surface area contributed by atoms with Gasteiger partial charge in [-0.25, -0.2) is 8.78 Å². The van der Waals surface area contributed by atoms with Gasteiger partial charge in [0.05, 0.1) is 16.9 Å². The Balaban J connectivity index is 1.65. The summed E-state index contributed by atoms with van der Waals surface area (Å²) in [5.41, 5.74) is 0.909. The number of fused-ring (bicyclic) bond motifs is 1. The van der Waals surface area contributed by atoms with E-state index in [4.69, 9.17) is 0 Å². The van der Waals surface area contributed by atoms with Gasteiger partial charge in [-0.3, -0.25) is 19.3 Å². The first-order chi connectivity index (χ1) is 11.9. The average Bonchev–Trinajstić information content (AvgIpc) is 2.80. The first-order valence-corrected chi connectivity index (χ1v) is 8.19. The molecular formula is C17H12F2N2O3S. The van der Waals surface area contributed by atoms with E-state index in [0.29, 0.717) is 16.1 Å². The van der Waals surface area contributed by atoms with Crippen LogP contribution in [0.15, 0.2) is 41.3 Å². The van der Waals surface area contributed by atoms with Gasteiger partial charge in [-0.15, -0.1) is 11.8 Å². The first-order valence-electron chi connectivity index (χ1n) is 7.21. The van der Waals surface area contributed by atoms with Crippen LogP contribution in [0.5, 0.6) is 0 Å². The zero-order valence-corrected chi connectivity index (χ0v) is 13.8. The second-order valence-electron chi connectivity index (χ2n) is 5.34. The Kier molecular flexibility index (Phi) is 4.54. The SMILES string of the molecule is CN1C(=O)c2ccc(NC(=O)CSc3ccc(F)c(F)c3)cc2C1=O. The van der Waals surface area contributed by atoms with E-state index >= 15 is 0 Å². The summed E-state index contributed by atoms with van der Waals surface area (Å²) in [6.45, 7) is 0. The van der Waals surface area contributed by atoms with Crippen LogP contribution in [0.4, 0.5) is 14.5 Å². The van der Waals surface area contributed by atoms with Crippen LogP contribution in [0.1, 0.15) is 20.7 Å². The Bertz CT molecular complexity index is 901. The Labute approximate surface area is 146 Å². The van der Waals surface area contributed by atoms with Gasteiger partial charge in [0, 0.05) is 17.6 Å². The summed E-state index contributed by atoms with van der Waals surface area (Å²) in [6.07, 6.45) is 0. The van der Waals surface area contributed by atoms with Crippen molar-refractivity contribution in [1.82, 2.24) is 4.90 Å². The molecule has 0 spiro atoms. The molecule has 0 aromatic heterocycles. The van der Waals surface area contributed by atoms with E-state index in [1.54, 1.807) is 0 Å². The molecule has 5 nitrogen and oxygen atoms in total. The molecular weight excluding hydrogens is 350 g/mol. The van der Waals surface area contributed by atoms with E-state index in [9.17, 15) is 23.2 Å². The molecule has 8 heteroatoms. The molecule has 25 heavy (non-hydrogen) atoms. The van der Waals surface area contributed by atoms with Crippen molar-refractivity contribution < 1.29 is 23.2 Å².